The molecule has 1 aliphatic carbocycles. The summed E-state index contributed by atoms with van der Waals surface area (Å²) < 4.78 is 11.8. The van der Waals surface area contributed by atoms with Gasteiger partial charge in [-0.25, -0.2) is 0 Å². The number of para-hydroxylation sites is 2. The molecule has 4 rings (SSSR count). The first kappa shape index (κ1) is 13.9. The van der Waals surface area contributed by atoms with Gasteiger partial charge in [-0.15, -0.1) is 0 Å². The fraction of sp³-hybridized carbons (Fsp3) is 0.588. The summed E-state index contributed by atoms with van der Waals surface area (Å²) in [6.45, 7) is 3.46. The molecule has 22 heavy (non-hydrogen) atoms. The molecule has 2 N–H and O–H groups in total. The monoisotopic (exact) mass is 302 g/mol. The summed E-state index contributed by atoms with van der Waals surface area (Å²) >= 11 is 0. The lowest BCUT2D eigenvalue weighted by Gasteiger charge is -2.33. The maximum Gasteiger partial charge on any atom is 0.267 e. The van der Waals surface area contributed by atoms with E-state index in [1.807, 2.05) is 36.1 Å². The van der Waals surface area contributed by atoms with E-state index in [4.69, 9.17) is 15.2 Å². The van der Waals surface area contributed by atoms with Crippen LogP contribution in [0.15, 0.2) is 24.3 Å². The van der Waals surface area contributed by atoms with Crippen LogP contribution < -0.4 is 15.2 Å². The number of hydrogen-bond acceptors (Lipinski definition) is 4. The highest BCUT2D eigenvalue weighted by Gasteiger charge is 2.46. The van der Waals surface area contributed by atoms with Crippen LogP contribution >= 0.6 is 0 Å². The van der Waals surface area contributed by atoms with Crippen LogP contribution in [0.25, 0.3) is 0 Å². The molecule has 5 heteroatoms. The summed E-state index contributed by atoms with van der Waals surface area (Å²) in [5, 5.41) is 0. The largest absolute Gasteiger partial charge is 0.482 e. The number of carbonyl (C=O) groups is 1. The van der Waals surface area contributed by atoms with Crippen molar-refractivity contribution in [2.75, 3.05) is 13.1 Å². The molecule has 118 valence electrons. The standard InChI is InChI=1S/C17H22N2O3/c1-10-16(22-15-5-3-2-4-14(15)21-10)17(20)19-8-11-6-7-13(18)12(11)9-19/h2-5,10-13,16H,6-9,18H2,1H3. The molecule has 1 saturated heterocycles. The van der Waals surface area contributed by atoms with E-state index in [0.29, 0.717) is 23.3 Å². The van der Waals surface area contributed by atoms with Crippen LogP contribution in [0.1, 0.15) is 19.8 Å². The van der Waals surface area contributed by atoms with Crippen molar-refractivity contribution in [3.8, 4) is 11.5 Å². The molecule has 1 aromatic rings. The number of ether oxygens (including phenoxy) is 2. The highest BCUT2D eigenvalue weighted by molar-refractivity contribution is 5.82. The van der Waals surface area contributed by atoms with Gasteiger partial charge in [-0.1, -0.05) is 12.1 Å². The Morgan fingerprint density at radius 3 is 2.64 bits per heavy atom. The molecule has 2 aliphatic heterocycles. The van der Waals surface area contributed by atoms with Crippen LogP contribution in [0.5, 0.6) is 11.5 Å². The van der Waals surface area contributed by atoms with Gasteiger partial charge in [0, 0.05) is 19.1 Å². The van der Waals surface area contributed by atoms with E-state index < -0.39 is 6.10 Å². The maximum atomic E-state index is 12.8. The number of benzene rings is 1. The third-order valence-corrected chi connectivity index (χ3v) is 5.31. The minimum Gasteiger partial charge on any atom is -0.482 e. The Bertz CT molecular complexity index is 591. The molecule has 3 aliphatic rings. The summed E-state index contributed by atoms with van der Waals surface area (Å²) in [4.78, 5) is 14.8. The lowest BCUT2D eigenvalue weighted by atomic mass is 9.98. The van der Waals surface area contributed by atoms with Crippen LogP contribution in [0.2, 0.25) is 0 Å². The number of fused-ring (bicyclic) bond motifs is 2. The van der Waals surface area contributed by atoms with E-state index in [1.165, 1.54) is 0 Å². The van der Waals surface area contributed by atoms with Crippen molar-refractivity contribution < 1.29 is 14.3 Å². The van der Waals surface area contributed by atoms with Crippen molar-refractivity contribution in [1.82, 2.24) is 4.90 Å². The van der Waals surface area contributed by atoms with Crippen molar-refractivity contribution in [2.24, 2.45) is 17.6 Å². The summed E-state index contributed by atoms with van der Waals surface area (Å²) in [5.41, 5.74) is 6.16. The highest BCUT2D eigenvalue weighted by atomic mass is 16.6. The van der Waals surface area contributed by atoms with Gasteiger partial charge in [0.1, 0.15) is 6.10 Å². The Morgan fingerprint density at radius 1 is 1.18 bits per heavy atom. The van der Waals surface area contributed by atoms with Crippen molar-refractivity contribution >= 4 is 5.91 Å². The van der Waals surface area contributed by atoms with Gasteiger partial charge in [-0.3, -0.25) is 4.79 Å². The van der Waals surface area contributed by atoms with Crippen molar-refractivity contribution in [3.63, 3.8) is 0 Å². The predicted octanol–water partition coefficient (Wildman–Crippen LogP) is 1.41. The number of rotatable bonds is 1. The SMILES string of the molecule is CC1Oc2ccccc2OC1C(=O)N1CC2CCC(N)C2C1. The van der Waals surface area contributed by atoms with Gasteiger partial charge in [-0.05, 0) is 43.7 Å². The van der Waals surface area contributed by atoms with E-state index in [1.54, 1.807) is 0 Å². The molecule has 5 atom stereocenters. The first-order valence-corrected chi connectivity index (χ1v) is 8.10. The van der Waals surface area contributed by atoms with Crippen LogP contribution in [0.4, 0.5) is 0 Å². The van der Waals surface area contributed by atoms with E-state index in [2.05, 4.69) is 0 Å². The van der Waals surface area contributed by atoms with Crippen LogP contribution in [-0.2, 0) is 4.79 Å². The zero-order valence-electron chi connectivity index (χ0n) is 12.8. The van der Waals surface area contributed by atoms with Crippen LogP contribution in [-0.4, -0.2) is 42.1 Å². The lowest BCUT2D eigenvalue weighted by molar-refractivity contribution is -0.143. The Kier molecular flexibility index (Phi) is 3.26. The summed E-state index contributed by atoms with van der Waals surface area (Å²) in [6, 6.07) is 7.74. The van der Waals surface area contributed by atoms with Crippen LogP contribution in [0.3, 0.4) is 0 Å². The molecule has 1 amide bonds. The van der Waals surface area contributed by atoms with Crippen molar-refractivity contribution in [3.05, 3.63) is 24.3 Å². The van der Waals surface area contributed by atoms with E-state index in [-0.39, 0.29) is 18.1 Å². The molecule has 5 nitrogen and oxygen atoms in total. The Balaban J connectivity index is 1.50. The average Bonchev–Trinajstić information content (AvgIpc) is 3.08. The van der Waals surface area contributed by atoms with Gasteiger partial charge >= 0.3 is 0 Å². The second-order valence-corrected chi connectivity index (χ2v) is 6.72. The zero-order valence-corrected chi connectivity index (χ0v) is 12.8. The molecule has 2 heterocycles. The smallest absolute Gasteiger partial charge is 0.267 e. The zero-order chi connectivity index (χ0) is 15.3. The van der Waals surface area contributed by atoms with Gasteiger partial charge in [-0.2, -0.15) is 0 Å². The van der Waals surface area contributed by atoms with Crippen LogP contribution in [0, 0.1) is 11.8 Å². The minimum atomic E-state index is -0.565. The Morgan fingerprint density at radius 2 is 1.91 bits per heavy atom. The number of nitrogens with zero attached hydrogens (tertiary/aromatic N) is 1. The Labute approximate surface area is 130 Å². The molecular weight excluding hydrogens is 280 g/mol. The Hall–Kier alpha value is -1.75. The number of carbonyl (C=O) groups excluding carboxylic acids is 1. The second-order valence-electron chi connectivity index (χ2n) is 6.72. The summed E-state index contributed by atoms with van der Waals surface area (Å²) in [7, 11) is 0. The fourth-order valence-corrected chi connectivity index (χ4v) is 4.06. The summed E-state index contributed by atoms with van der Waals surface area (Å²) in [5.74, 6) is 2.40. The topological polar surface area (TPSA) is 64.8 Å². The highest BCUT2D eigenvalue weighted by Crippen LogP contribution is 2.39. The fourth-order valence-electron chi connectivity index (χ4n) is 4.06. The molecule has 0 radical (unpaired) electrons. The maximum absolute atomic E-state index is 12.8. The molecule has 1 aromatic carbocycles. The van der Waals surface area contributed by atoms with Crippen molar-refractivity contribution in [1.29, 1.82) is 0 Å². The van der Waals surface area contributed by atoms with Crippen molar-refractivity contribution in [2.45, 2.75) is 38.0 Å². The van der Waals surface area contributed by atoms with E-state index in [0.717, 1.165) is 25.9 Å². The number of amides is 1. The number of hydrogen-bond donors (Lipinski definition) is 1. The third kappa shape index (κ3) is 2.15. The molecule has 0 aromatic heterocycles. The minimum absolute atomic E-state index is 0.0311. The molecule has 2 fully saturated rings. The number of nitrogens with two attached hydrogens (primary N) is 1. The quantitative estimate of drug-likeness (QED) is 0.852. The third-order valence-electron chi connectivity index (χ3n) is 5.31. The van der Waals surface area contributed by atoms with Gasteiger partial charge in [0.25, 0.3) is 5.91 Å². The lowest BCUT2D eigenvalue weighted by Crippen LogP contribution is -2.50. The first-order chi connectivity index (χ1) is 10.6. The van der Waals surface area contributed by atoms with E-state index in [9.17, 15) is 4.79 Å². The first-order valence-electron chi connectivity index (χ1n) is 8.10. The summed E-state index contributed by atoms with van der Waals surface area (Å²) in [6.07, 6.45) is 1.38. The number of likely N-dealkylation sites (tertiary alicyclic amines) is 1. The second kappa shape index (κ2) is 5.16. The van der Waals surface area contributed by atoms with Gasteiger partial charge < -0.3 is 20.1 Å². The normalized spacial score (nSPS) is 36.3. The van der Waals surface area contributed by atoms with Gasteiger partial charge in [0.15, 0.2) is 11.5 Å². The average molecular weight is 302 g/mol. The molecule has 0 spiro atoms. The van der Waals surface area contributed by atoms with Gasteiger partial charge in [0.05, 0.1) is 0 Å². The molecule has 5 unspecified atom stereocenters. The molecular formula is C17H22N2O3. The predicted molar refractivity (Wildman–Crippen MR) is 81.7 cm³/mol. The molecule has 1 saturated carbocycles. The van der Waals surface area contributed by atoms with E-state index >= 15 is 0 Å². The van der Waals surface area contributed by atoms with Gasteiger partial charge in [0.2, 0.25) is 6.10 Å². The molecule has 0 bridgehead atoms.